The van der Waals surface area contributed by atoms with Crippen LogP contribution in [0.5, 0.6) is 5.75 Å². The second-order valence-electron chi connectivity index (χ2n) is 7.07. The molecule has 2 aromatic carbocycles. The first-order valence-corrected chi connectivity index (χ1v) is 9.50. The number of rotatable bonds is 9. The zero-order valence-electron chi connectivity index (χ0n) is 16.3. The first kappa shape index (κ1) is 20.0. The van der Waals surface area contributed by atoms with Crippen molar-refractivity contribution in [3.63, 3.8) is 0 Å². The van der Waals surface area contributed by atoms with Crippen LogP contribution >= 0.6 is 0 Å². The summed E-state index contributed by atoms with van der Waals surface area (Å²) in [7, 11) is 0. The number of carboxylic acids is 1. The van der Waals surface area contributed by atoms with E-state index in [0.717, 1.165) is 19.3 Å². The van der Waals surface area contributed by atoms with Crippen molar-refractivity contribution in [1.82, 2.24) is 0 Å². The van der Waals surface area contributed by atoms with Crippen LogP contribution in [0.4, 0.5) is 0 Å². The SMILES string of the molecule is CCCC(CC)(c1ccccc1)c1ccc(OC(C)(CC)C(=O)O)cc1. The summed E-state index contributed by atoms with van der Waals surface area (Å²) in [6, 6.07) is 18.6. The number of benzene rings is 2. The van der Waals surface area contributed by atoms with E-state index in [1.807, 2.05) is 25.1 Å². The molecule has 2 atom stereocenters. The van der Waals surface area contributed by atoms with Crippen molar-refractivity contribution in [2.24, 2.45) is 0 Å². The van der Waals surface area contributed by atoms with Crippen molar-refractivity contribution in [3.8, 4) is 5.75 Å². The van der Waals surface area contributed by atoms with E-state index in [0.29, 0.717) is 12.2 Å². The van der Waals surface area contributed by atoms with Crippen LogP contribution in [0.1, 0.15) is 64.5 Å². The van der Waals surface area contributed by atoms with Crippen molar-refractivity contribution in [2.75, 3.05) is 0 Å². The van der Waals surface area contributed by atoms with Gasteiger partial charge in [0.2, 0.25) is 5.60 Å². The van der Waals surface area contributed by atoms with Gasteiger partial charge in [-0.05, 0) is 49.4 Å². The Morgan fingerprint density at radius 1 is 0.923 bits per heavy atom. The Morgan fingerprint density at radius 3 is 1.96 bits per heavy atom. The van der Waals surface area contributed by atoms with Crippen molar-refractivity contribution in [1.29, 1.82) is 0 Å². The van der Waals surface area contributed by atoms with E-state index in [9.17, 15) is 9.90 Å². The number of carbonyl (C=O) groups is 1. The molecule has 140 valence electrons. The molecule has 3 heteroatoms. The van der Waals surface area contributed by atoms with E-state index >= 15 is 0 Å². The molecule has 2 aromatic rings. The van der Waals surface area contributed by atoms with Gasteiger partial charge in [-0.3, -0.25) is 0 Å². The molecule has 0 heterocycles. The third-order valence-electron chi connectivity index (χ3n) is 5.48. The summed E-state index contributed by atoms with van der Waals surface area (Å²) in [5.74, 6) is -0.350. The van der Waals surface area contributed by atoms with E-state index in [4.69, 9.17) is 4.74 Å². The van der Waals surface area contributed by atoms with Gasteiger partial charge in [-0.25, -0.2) is 4.79 Å². The lowest BCUT2D eigenvalue weighted by molar-refractivity contribution is -0.154. The van der Waals surface area contributed by atoms with Gasteiger partial charge in [0.1, 0.15) is 5.75 Å². The predicted molar refractivity (Wildman–Crippen MR) is 106 cm³/mol. The van der Waals surface area contributed by atoms with Crippen LogP contribution in [0.25, 0.3) is 0 Å². The summed E-state index contributed by atoms with van der Waals surface area (Å²) in [6.07, 6.45) is 3.57. The summed E-state index contributed by atoms with van der Waals surface area (Å²) >= 11 is 0. The minimum absolute atomic E-state index is 0.0323. The van der Waals surface area contributed by atoms with Gasteiger partial charge in [0.25, 0.3) is 0 Å². The summed E-state index contributed by atoms with van der Waals surface area (Å²) in [5.41, 5.74) is 1.33. The van der Waals surface area contributed by atoms with Crippen LogP contribution in [0.3, 0.4) is 0 Å². The smallest absolute Gasteiger partial charge is 0.347 e. The highest BCUT2D eigenvalue weighted by Gasteiger charge is 2.34. The highest BCUT2D eigenvalue weighted by molar-refractivity contribution is 5.77. The zero-order chi connectivity index (χ0) is 19.2. The van der Waals surface area contributed by atoms with Crippen LogP contribution in [-0.2, 0) is 10.2 Å². The predicted octanol–water partition coefficient (Wildman–Crippen LogP) is 5.81. The van der Waals surface area contributed by atoms with Gasteiger partial charge < -0.3 is 9.84 Å². The van der Waals surface area contributed by atoms with Crippen molar-refractivity contribution < 1.29 is 14.6 Å². The lowest BCUT2D eigenvalue weighted by Gasteiger charge is -2.34. The molecular weight excluding hydrogens is 324 g/mol. The Bertz CT molecular complexity index is 708. The highest BCUT2D eigenvalue weighted by Crippen LogP contribution is 2.40. The van der Waals surface area contributed by atoms with Gasteiger partial charge in [0, 0.05) is 5.41 Å². The summed E-state index contributed by atoms with van der Waals surface area (Å²) in [4.78, 5) is 11.5. The molecule has 2 unspecified atom stereocenters. The maximum absolute atomic E-state index is 11.5. The van der Waals surface area contributed by atoms with Crippen LogP contribution in [0.2, 0.25) is 0 Å². The molecule has 0 bridgehead atoms. The van der Waals surface area contributed by atoms with Crippen LogP contribution in [0.15, 0.2) is 54.6 Å². The number of ether oxygens (including phenoxy) is 1. The standard InChI is InChI=1S/C23H30O3/c1-5-17-23(7-3,18-11-9-8-10-12-18)19-13-15-20(16-14-19)26-22(4,6-2)21(24)25/h8-16H,5-7,17H2,1-4H3,(H,24,25). The first-order valence-electron chi connectivity index (χ1n) is 9.50. The van der Waals surface area contributed by atoms with Gasteiger partial charge in [0.05, 0.1) is 0 Å². The highest BCUT2D eigenvalue weighted by atomic mass is 16.5. The second-order valence-corrected chi connectivity index (χ2v) is 7.07. The Balaban J connectivity index is 2.38. The van der Waals surface area contributed by atoms with Gasteiger partial charge in [-0.15, -0.1) is 0 Å². The van der Waals surface area contributed by atoms with Crippen LogP contribution in [-0.4, -0.2) is 16.7 Å². The Morgan fingerprint density at radius 2 is 1.50 bits per heavy atom. The average Bonchev–Trinajstić information content (AvgIpc) is 2.67. The molecule has 2 rings (SSSR count). The van der Waals surface area contributed by atoms with E-state index < -0.39 is 11.6 Å². The molecule has 0 aromatic heterocycles. The minimum atomic E-state index is -1.20. The van der Waals surface area contributed by atoms with E-state index in [1.54, 1.807) is 6.92 Å². The van der Waals surface area contributed by atoms with E-state index in [1.165, 1.54) is 11.1 Å². The van der Waals surface area contributed by atoms with Crippen LogP contribution < -0.4 is 4.74 Å². The van der Waals surface area contributed by atoms with Gasteiger partial charge >= 0.3 is 5.97 Å². The van der Waals surface area contributed by atoms with Crippen LogP contribution in [0, 0.1) is 0 Å². The van der Waals surface area contributed by atoms with Crippen molar-refractivity contribution >= 4 is 5.97 Å². The number of carboxylic acid groups (broad SMARTS) is 1. The third kappa shape index (κ3) is 3.92. The molecule has 0 spiro atoms. The molecule has 0 aliphatic heterocycles. The first-order chi connectivity index (χ1) is 12.4. The topological polar surface area (TPSA) is 46.5 Å². The zero-order valence-corrected chi connectivity index (χ0v) is 16.3. The Kier molecular flexibility index (Phi) is 6.47. The molecule has 0 aliphatic rings. The maximum atomic E-state index is 11.5. The molecule has 0 radical (unpaired) electrons. The van der Waals surface area contributed by atoms with E-state index in [2.05, 4.69) is 50.2 Å². The second kappa shape index (κ2) is 8.39. The van der Waals surface area contributed by atoms with Gasteiger partial charge in [0.15, 0.2) is 0 Å². The molecule has 0 saturated carbocycles. The lowest BCUT2D eigenvalue weighted by Crippen LogP contribution is -2.40. The fourth-order valence-electron chi connectivity index (χ4n) is 3.59. The molecule has 0 saturated heterocycles. The molecule has 26 heavy (non-hydrogen) atoms. The summed E-state index contributed by atoms with van der Waals surface area (Å²) < 4.78 is 5.78. The van der Waals surface area contributed by atoms with E-state index in [-0.39, 0.29) is 5.41 Å². The molecule has 3 nitrogen and oxygen atoms in total. The molecule has 0 aliphatic carbocycles. The number of aliphatic carboxylic acids is 1. The fourth-order valence-corrected chi connectivity index (χ4v) is 3.59. The normalized spacial score (nSPS) is 15.7. The van der Waals surface area contributed by atoms with Crippen molar-refractivity contribution in [2.45, 2.75) is 64.4 Å². The Labute approximate surface area is 157 Å². The largest absolute Gasteiger partial charge is 0.478 e. The van der Waals surface area contributed by atoms with Crippen molar-refractivity contribution in [3.05, 3.63) is 65.7 Å². The number of hydrogen-bond acceptors (Lipinski definition) is 2. The minimum Gasteiger partial charge on any atom is -0.478 e. The van der Waals surface area contributed by atoms with Gasteiger partial charge in [-0.1, -0.05) is 69.7 Å². The summed E-state index contributed by atoms with van der Waals surface area (Å²) in [5, 5.41) is 9.41. The maximum Gasteiger partial charge on any atom is 0.347 e. The monoisotopic (exact) mass is 354 g/mol. The Hall–Kier alpha value is -2.29. The average molecular weight is 354 g/mol. The summed E-state index contributed by atoms with van der Waals surface area (Å²) in [6.45, 7) is 7.87. The fraction of sp³-hybridized carbons (Fsp3) is 0.435. The van der Waals surface area contributed by atoms with Gasteiger partial charge in [-0.2, -0.15) is 0 Å². The number of hydrogen-bond donors (Lipinski definition) is 1. The molecular formula is C23H30O3. The lowest BCUT2D eigenvalue weighted by atomic mass is 9.69. The molecule has 0 amide bonds. The quantitative estimate of drug-likeness (QED) is 0.617. The third-order valence-corrected chi connectivity index (χ3v) is 5.48. The molecule has 1 N–H and O–H groups in total. The molecule has 0 fully saturated rings.